The van der Waals surface area contributed by atoms with Gasteiger partial charge in [0.1, 0.15) is 0 Å². The summed E-state index contributed by atoms with van der Waals surface area (Å²) in [5.74, 6) is 0.804. The Labute approximate surface area is 127 Å². The Bertz CT molecular complexity index is 563. The van der Waals surface area contributed by atoms with Crippen LogP contribution in [0.3, 0.4) is 0 Å². The van der Waals surface area contributed by atoms with Crippen LogP contribution in [0.25, 0.3) is 0 Å². The number of hydrogen-bond acceptors (Lipinski definition) is 5. The molecule has 0 amide bonds. The van der Waals surface area contributed by atoms with Crippen molar-refractivity contribution < 1.29 is 0 Å². The van der Waals surface area contributed by atoms with Crippen molar-refractivity contribution in [3.8, 4) is 0 Å². The fourth-order valence-electron chi connectivity index (χ4n) is 2.32. The van der Waals surface area contributed by atoms with Crippen molar-refractivity contribution in [2.75, 3.05) is 23.3 Å². The van der Waals surface area contributed by atoms with Gasteiger partial charge in [0.2, 0.25) is 0 Å². The Kier molecular flexibility index (Phi) is 4.16. The summed E-state index contributed by atoms with van der Waals surface area (Å²) in [5.41, 5.74) is 2.15. The summed E-state index contributed by atoms with van der Waals surface area (Å²) in [6.45, 7) is 2.91. The first-order valence-electron chi connectivity index (χ1n) is 6.78. The molecule has 1 aliphatic rings. The van der Waals surface area contributed by atoms with Crippen LogP contribution < -0.4 is 10.2 Å². The molecule has 1 fully saturated rings. The van der Waals surface area contributed by atoms with E-state index >= 15 is 0 Å². The van der Waals surface area contributed by atoms with Crippen LogP contribution in [0.2, 0.25) is 4.71 Å². The molecule has 1 N–H and O–H groups in total. The number of aromatic nitrogens is 3. The van der Waals surface area contributed by atoms with Crippen LogP contribution in [0.5, 0.6) is 0 Å². The van der Waals surface area contributed by atoms with E-state index in [0.29, 0.717) is 6.54 Å². The van der Waals surface area contributed by atoms with E-state index in [1.54, 1.807) is 6.20 Å². The van der Waals surface area contributed by atoms with Gasteiger partial charge in [0, 0.05) is 0 Å². The standard InChI is InChI=1S/C14H18AsN5/c15-11-4-6-20(10-11)13-7-14(19-18-9-13)17-8-12-3-1-2-5-16-12/h1-3,5,7,9,11H,4,6,8,10,15H2,(H,17,19)/t11-/m1/s1. The molecule has 2 atom stereocenters. The summed E-state index contributed by atoms with van der Waals surface area (Å²) in [5, 5.41) is 11.5. The molecule has 1 aliphatic heterocycles. The molecule has 0 bridgehead atoms. The molecule has 20 heavy (non-hydrogen) atoms. The van der Waals surface area contributed by atoms with Gasteiger partial charge in [0.25, 0.3) is 0 Å². The molecular formula is C14H18AsN5. The van der Waals surface area contributed by atoms with E-state index in [0.717, 1.165) is 35.0 Å². The summed E-state index contributed by atoms with van der Waals surface area (Å²) in [6.07, 6.45) is 4.92. The maximum atomic E-state index is 4.28. The first-order chi connectivity index (χ1) is 9.81. The molecule has 0 aliphatic carbocycles. The average Bonchev–Trinajstić information content (AvgIpc) is 2.93. The SMILES string of the molecule is [AsH2][C@@H]1CCN(c2cnnc(NCc3ccccn3)c2)C1. The van der Waals surface area contributed by atoms with Crippen LogP contribution in [0.1, 0.15) is 12.1 Å². The predicted octanol–water partition coefficient (Wildman–Crippen LogP) is 1.12. The molecule has 5 nitrogen and oxygen atoms in total. The van der Waals surface area contributed by atoms with Gasteiger partial charge in [0.05, 0.1) is 0 Å². The molecule has 6 heteroatoms. The van der Waals surface area contributed by atoms with Gasteiger partial charge in [-0.25, -0.2) is 0 Å². The number of rotatable bonds is 4. The monoisotopic (exact) mass is 331 g/mol. The van der Waals surface area contributed by atoms with Gasteiger partial charge < -0.3 is 0 Å². The minimum absolute atomic E-state index is 0.665. The molecule has 0 radical (unpaired) electrons. The minimum atomic E-state index is 0.665. The second-order valence-corrected chi connectivity index (χ2v) is 6.95. The van der Waals surface area contributed by atoms with Crippen molar-refractivity contribution in [3.05, 3.63) is 42.4 Å². The quantitative estimate of drug-likeness (QED) is 0.851. The van der Waals surface area contributed by atoms with Crippen LogP contribution in [0, 0.1) is 0 Å². The number of anilines is 2. The fourth-order valence-corrected chi connectivity index (χ4v) is 3.17. The average molecular weight is 331 g/mol. The summed E-state index contributed by atoms with van der Waals surface area (Å²) in [4.78, 5) is 6.67. The first-order valence-corrected chi connectivity index (χ1v) is 8.18. The van der Waals surface area contributed by atoms with Crippen LogP contribution in [-0.2, 0) is 6.54 Å². The Morgan fingerprint density at radius 3 is 3.10 bits per heavy atom. The van der Waals surface area contributed by atoms with Gasteiger partial charge in [0.15, 0.2) is 0 Å². The Balaban J connectivity index is 1.65. The molecule has 104 valence electrons. The van der Waals surface area contributed by atoms with E-state index < -0.39 is 0 Å². The Hall–Kier alpha value is -1.61. The first kappa shape index (κ1) is 13.4. The Morgan fingerprint density at radius 2 is 2.35 bits per heavy atom. The van der Waals surface area contributed by atoms with E-state index in [1.807, 2.05) is 41.2 Å². The summed E-state index contributed by atoms with van der Waals surface area (Å²) >= 11 is 1.83. The fraction of sp³-hybridized carbons (Fsp3) is 0.357. The van der Waals surface area contributed by atoms with E-state index in [2.05, 4.69) is 31.5 Å². The van der Waals surface area contributed by atoms with Crippen LogP contribution >= 0.6 is 0 Å². The molecule has 2 aromatic heterocycles. The van der Waals surface area contributed by atoms with Gasteiger partial charge in [-0.05, 0) is 0 Å². The normalized spacial score (nSPS) is 18.2. The topological polar surface area (TPSA) is 53.9 Å². The van der Waals surface area contributed by atoms with Crippen molar-refractivity contribution in [1.82, 2.24) is 15.2 Å². The summed E-state index contributed by atoms with van der Waals surface area (Å²) in [6, 6.07) is 7.97. The third-order valence-corrected chi connectivity index (χ3v) is 4.55. The number of nitrogens with zero attached hydrogens (tertiary/aromatic N) is 4. The zero-order valence-electron chi connectivity index (χ0n) is 11.2. The van der Waals surface area contributed by atoms with Crippen molar-refractivity contribution in [3.63, 3.8) is 0 Å². The van der Waals surface area contributed by atoms with Crippen molar-refractivity contribution >= 4 is 28.4 Å². The molecular weight excluding hydrogens is 313 g/mol. The molecule has 1 saturated heterocycles. The van der Waals surface area contributed by atoms with Gasteiger partial charge in [-0.3, -0.25) is 0 Å². The third kappa shape index (κ3) is 3.28. The number of nitrogens with one attached hydrogen (secondary N) is 1. The van der Waals surface area contributed by atoms with Crippen LogP contribution in [0.4, 0.5) is 11.5 Å². The third-order valence-electron chi connectivity index (χ3n) is 3.41. The maximum absolute atomic E-state index is 4.28. The zero-order chi connectivity index (χ0) is 13.8. The number of hydrogen-bond donors (Lipinski definition) is 1. The molecule has 1 unspecified atom stereocenters. The molecule has 0 spiro atoms. The number of pyridine rings is 1. The van der Waals surface area contributed by atoms with E-state index in [4.69, 9.17) is 0 Å². The summed E-state index contributed by atoms with van der Waals surface area (Å²) in [7, 11) is 0. The molecule has 0 saturated carbocycles. The second-order valence-electron chi connectivity index (χ2n) is 4.97. The van der Waals surface area contributed by atoms with E-state index in [1.165, 1.54) is 6.42 Å². The molecule has 3 heterocycles. The van der Waals surface area contributed by atoms with Crippen molar-refractivity contribution in [2.24, 2.45) is 0 Å². The molecule has 2 aromatic rings. The van der Waals surface area contributed by atoms with Crippen LogP contribution in [0.15, 0.2) is 36.7 Å². The molecule has 3 rings (SSSR count). The van der Waals surface area contributed by atoms with Gasteiger partial charge in [-0.2, -0.15) is 0 Å². The van der Waals surface area contributed by atoms with Crippen LogP contribution in [-0.4, -0.2) is 45.1 Å². The van der Waals surface area contributed by atoms with Gasteiger partial charge in [-0.15, -0.1) is 0 Å². The van der Waals surface area contributed by atoms with E-state index in [-0.39, 0.29) is 0 Å². The van der Waals surface area contributed by atoms with Gasteiger partial charge >= 0.3 is 127 Å². The summed E-state index contributed by atoms with van der Waals surface area (Å²) < 4.78 is 0.820. The Morgan fingerprint density at radius 1 is 1.40 bits per heavy atom. The van der Waals surface area contributed by atoms with E-state index in [9.17, 15) is 0 Å². The van der Waals surface area contributed by atoms with Gasteiger partial charge in [-0.1, -0.05) is 0 Å². The predicted molar refractivity (Wildman–Crippen MR) is 82.7 cm³/mol. The van der Waals surface area contributed by atoms with Crippen molar-refractivity contribution in [2.45, 2.75) is 17.7 Å². The molecule has 0 aromatic carbocycles. The second kappa shape index (κ2) is 6.23. The zero-order valence-corrected chi connectivity index (χ0v) is 13.7. The van der Waals surface area contributed by atoms with Crippen molar-refractivity contribution in [1.29, 1.82) is 0 Å².